The molecule has 9 rings (SSSR count). The van der Waals surface area contributed by atoms with E-state index in [1.54, 1.807) is 135 Å². The van der Waals surface area contributed by atoms with E-state index in [2.05, 4.69) is 52.8 Å². The number of phenols is 1. The van der Waals surface area contributed by atoms with Crippen molar-refractivity contribution in [2.24, 2.45) is 23.1 Å². The van der Waals surface area contributed by atoms with Crippen LogP contribution in [0, 0.1) is 5.92 Å². The fourth-order valence-electron chi connectivity index (χ4n) is 16.2. The smallest absolute Gasteiger partial charge is 0.305 e. The Bertz CT molecular complexity index is 4980. The molecule has 14 atom stereocenters. The number of hydrogen-bond donors (Lipinski definition) is 16. The number of hydrogen-bond acceptors (Lipinski definition) is 22. The van der Waals surface area contributed by atoms with Crippen LogP contribution in [0.5, 0.6) is 5.75 Å². The number of amides is 15. The molecule has 39 heteroatoms. The number of ether oxygens (including phenoxy) is 1. The van der Waals surface area contributed by atoms with E-state index in [-0.39, 0.29) is 96.2 Å². The molecule has 712 valence electrons. The van der Waals surface area contributed by atoms with E-state index in [1.807, 2.05) is 6.92 Å². The molecule has 0 radical (unpaired) electrons. The van der Waals surface area contributed by atoms with Gasteiger partial charge in [-0.3, -0.25) is 76.7 Å². The Kier molecular flexibility index (Phi) is 39.4. The quantitative estimate of drug-likeness (QED) is 0.0304. The van der Waals surface area contributed by atoms with Gasteiger partial charge in [-0.25, -0.2) is 0 Å². The van der Waals surface area contributed by atoms with Crippen molar-refractivity contribution in [3.63, 3.8) is 0 Å². The van der Waals surface area contributed by atoms with Crippen LogP contribution in [0.2, 0.25) is 0 Å². The summed E-state index contributed by atoms with van der Waals surface area (Å²) in [7, 11) is 3.99. The number of carbonyl (C=O) groups is 16. The Morgan fingerprint density at radius 3 is 1.67 bits per heavy atom. The normalized spacial score (nSPS) is 24.3. The lowest BCUT2D eigenvalue weighted by Crippen LogP contribution is -2.64. The number of aromatic hydroxyl groups is 1. The van der Waals surface area contributed by atoms with Crippen molar-refractivity contribution in [3.05, 3.63) is 174 Å². The first kappa shape index (κ1) is 103. The molecule has 0 aliphatic carbocycles. The van der Waals surface area contributed by atoms with Gasteiger partial charge < -0.3 is 115 Å². The number of thioether (sulfide) groups is 1. The number of nitrogens with one attached hydrogen (secondary N) is 10. The Balaban J connectivity index is 1.13. The monoisotopic (exact) mass is 1840 g/mol. The lowest BCUT2D eigenvalue weighted by molar-refractivity contribution is -0.152. The second-order valence-corrected chi connectivity index (χ2v) is 34.8. The summed E-state index contributed by atoms with van der Waals surface area (Å²) in [5.41, 5.74) is 20.8. The topological polar surface area (TPSA) is 561 Å². The molecule has 0 bridgehead atoms. The summed E-state index contributed by atoms with van der Waals surface area (Å²) >= 11 is 0.815. The number of para-hydroxylation sites is 1. The highest BCUT2D eigenvalue weighted by Crippen LogP contribution is 2.28. The highest BCUT2D eigenvalue weighted by atomic mass is 32.2. The summed E-state index contributed by atoms with van der Waals surface area (Å²) in [6, 6.07) is 18.1. The Labute approximate surface area is 770 Å². The molecule has 0 spiro atoms. The molecule has 4 heterocycles. The molecular weight excluding hydrogens is 1720 g/mol. The predicted molar refractivity (Wildman–Crippen MR) is 489 cm³/mol. The SMILES string of the molecule is CCCC[C@H]1C(=O)N2C[C@H](O)C[C@@H]2C(=O)N[C@@H](CC(=O)O)C(=O)N[C@@H](C(C)C)C(=O)N(C)[C@@H](Cc2ccccc2)C(=O)N[C@@H](CCCN)C(=O)N2CCOC[C@@H]2C(=O)N[C@@H](Cc2c[nH]c3ccccc23)C(=O)N[C@@H](Cc2ccc(O)cc2)C(=O)N[C@@H](CCCCN)C(=O)N[C@H](C(=O)NCC(N)=O)CSCC(=O)N[C@@H](Cc2ccccc2)C(=O)N(C)[C@@H](Cc2ccccc2)C(=O)N1C. The molecule has 132 heavy (non-hydrogen) atoms. The number of carboxylic acid groups (broad SMARTS) is 1. The van der Waals surface area contributed by atoms with E-state index in [4.69, 9.17) is 21.9 Å². The summed E-state index contributed by atoms with van der Waals surface area (Å²) in [6.07, 6.45) is -1.19. The van der Waals surface area contributed by atoms with Gasteiger partial charge in [-0.2, -0.15) is 0 Å². The summed E-state index contributed by atoms with van der Waals surface area (Å²) in [4.78, 5) is 247. The molecule has 0 unspecified atom stereocenters. The number of aromatic nitrogens is 1. The maximum atomic E-state index is 15.7. The van der Waals surface area contributed by atoms with Crippen LogP contribution in [0.25, 0.3) is 10.9 Å². The van der Waals surface area contributed by atoms with E-state index in [0.29, 0.717) is 58.0 Å². The first-order valence-electron chi connectivity index (χ1n) is 44.5. The Morgan fingerprint density at radius 2 is 1.05 bits per heavy atom. The van der Waals surface area contributed by atoms with Crippen molar-refractivity contribution in [1.29, 1.82) is 0 Å². The van der Waals surface area contributed by atoms with E-state index in [9.17, 15) is 44.1 Å². The third-order valence-corrected chi connectivity index (χ3v) is 24.7. The van der Waals surface area contributed by atoms with E-state index < -0.39 is 229 Å². The minimum atomic E-state index is -1.97. The largest absolute Gasteiger partial charge is 0.508 e. The van der Waals surface area contributed by atoms with E-state index in [0.717, 1.165) is 31.4 Å². The number of likely N-dealkylation sites (N-methyl/N-ethyl adjacent to an activating group) is 3. The second-order valence-electron chi connectivity index (χ2n) is 33.8. The van der Waals surface area contributed by atoms with Gasteiger partial charge in [0.2, 0.25) is 88.6 Å². The lowest BCUT2D eigenvalue weighted by Gasteiger charge is -2.38. The molecule has 6 aromatic rings. The van der Waals surface area contributed by atoms with E-state index in [1.165, 1.54) is 50.3 Å². The van der Waals surface area contributed by atoms with Crippen LogP contribution in [0.1, 0.15) is 113 Å². The fourth-order valence-corrected chi connectivity index (χ4v) is 17.1. The van der Waals surface area contributed by atoms with Crippen LogP contribution >= 0.6 is 11.8 Å². The number of carboxylic acids is 1. The number of unbranched alkanes of at least 4 members (excludes halogenated alkanes) is 2. The highest BCUT2D eigenvalue weighted by Gasteiger charge is 2.47. The maximum absolute atomic E-state index is 15.7. The number of nitrogens with zero attached hydrogens (tertiary/aromatic N) is 5. The molecule has 0 saturated carbocycles. The van der Waals surface area contributed by atoms with Gasteiger partial charge in [0, 0.05) is 95.6 Å². The summed E-state index contributed by atoms with van der Waals surface area (Å²) in [5, 5.41) is 57.0. The average molecular weight is 1850 g/mol. The minimum Gasteiger partial charge on any atom is -0.508 e. The number of aliphatic hydroxyl groups is 1. The molecule has 3 aliphatic heterocycles. The third kappa shape index (κ3) is 29.3. The van der Waals surface area contributed by atoms with Gasteiger partial charge >= 0.3 is 5.97 Å². The van der Waals surface area contributed by atoms with Crippen molar-refractivity contribution < 1.29 is 96.8 Å². The zero-order chi connectivity index (χ0) is 95.8. The van der Waals surface area contributed by atoms with Gasteiger partial charge in [-0.1, -0.05) is 155 Å². The van der Waals surface area contributed by atoms with Crippen LogP contribution in [-0.4, -0.2) is 303 Å². The summed E-state index contributed by atoms with van der Waals surface area (Å²) < 4.78 is 5.89. The molecular formula is C93H124N18O20S. The predicted octanol–water partition coefficient (Wildman–Crippen LogP) is -0.528. The van der Waals surface area contributed by atoms with Gasteiger partial charge in [0.15, 0.2) is 0 Å². The third-order valence-electron chi connectivity index (χ3n) is 23.7. The average Bonchev–Trinajstić information content (AvgIpc) is 1.35. The number of morpholine rings is 1. The fraction of sp³-hybridized carbons (Fsp3) is 0.484. The number of H-pyrrole nitrogens is 1. The number of primary amides is 1. The molecule has 3 aliphatic rings. The van der Waals surface area contributed by atoms with Gasteiger partial charge in [0.25, 0.3) is 0 Å². The van der Waals surface area contributed by atoms with Crippen LogP contribution in [0.4, 0.5) is 0 Å². The van der Waals surface area contributed by atoms with Crippen molar-refractivity contribution in [1.82, 2.24) is 77.3 Å². The zero-order valence-corrected chi connectivity index (χ0v) is 76.0. The van der Waals surface area contributed by atoms with E-state index >= 15 is 47.9 Å². The first-order chi connectivity index (χ1) is 63.2. The number of aliphatic carboxylic acids is 1. The van der Waals surface area contributed by atoms with Crippen LogP contribution in [0.3, 0.4) is 0 Å². The van der Waals surface area contributed by atoms with Crippen molar-refractivity contribution >= 4 is 117 Å². The maximum Gasteiger partial charge on any atom is 0.305 e. The van der Waals surface area contributed by atoms with Crippen molar-refractivity contribution in [2.75, 3.05) is 78.6 Å². The number of rotatable bonds is 26. The molecule has 19 N–H and O–H groups in total. The van der Waals surface area contributed by atoms with Gasteiger partial charge in [-0.15, -0.1) is 11.8 Å². The molecule has 1 aromatic heterocycles. The number of fused-ring (bicyclic) bond motifs is 3. The number of benzene rings is 5. The van der Waals surface area contributed by atoms with Crippen LogP contribution < -0.4 is 65.1 Å². The first-order valence-corrected chi connectivity index (χ1v) is 45.6. The van der Waals surface area contributed by atoms with Gasteiger partial charge in [-0.05, 0) is 104 Å². The molecule has 38 nitrogen and oxygen atoms in total. The molecule has 5 aromatic carbocycles. The highest BCUT2D eigenvalue weighted by molar-refractivity contribution is 8.00. The standard InChI is InChI=1S/C93H124N18O20S/c1-7-8-33-72-92(129)111-51-62(113)47-74(111)87(124)104-69(48-79(116)117)85(122)106-80(55(2)3)93(130)108(5)73(44-57-25-14-10-15-26-57)86(123)101-66(32-22-39-95)90(127)110-40-41-131-52-76(110)88(125)103-68(46-60-49-97-64-30-19-18-29-63(60)64)84(121)102-67(42-59-34-36-61(112)37-35-59)83(120)100-65(31-20-21-38-94)82(119)105-71(81(118)98-50-77(96)114)53-132-54-78(115)99-70(43-56-23-12-9-13-24-56)89(126)109(6)75(91(128)107(72)4)45-58-27-16-11-17-28-58/h9-19,23-30,34-37,49,55,62,65-76,80,97,112-113H,7-8,20-22,31-33,38-48,50-54,94-95H2,1-6H3,(H2,96,114)(H,98,118)(H,99,115)(H,100,120)(H,101,123)(H,102,121)(H,103,125)(H,104,124)(H,105,119)(H,106,122)(H,116,117)/t62-,65+,66+,67+,68+,69+,70+,71+,72+,73+,74-,75+,76-,80+/m1/s1. The second kappa shape index (κ2) is 50.5. The van der Waals surface area contributed by atoms with Crippen LogP contribution in [0.15, 0.2) is 146 Å². The number of phenolic OH excluding ortho intramolecular Hbond substituents is 1. The molecule has 3 fully saturated rings. The number of aromatic amines is 1. The van der Waals surface area contributed by atoms with Crippen molar-refractivity contribution in [3.8, 4) is 5.75 Å². The number of carbonyl (C=O) groups excluding carboxylic acids is 15. The van der Waals surface area contributed by atoms with Crippen molar-refractivity contribution in [2.45, 2.75) is 202 Å². The molecule has 3 saturated heterocycles. The minimum absolute atomic E-state index is 0.00503. The molecule has 15 amide bonds. The Morgan fingerprint density at radius 1 is 0.515 bits per heavy atom. The summed E-state index contributed by atoms with van der Waals surface area (Å²) in [6.45, 7) is 3.12. The number of aliphatic hydroxyl groups excluding tert-OH is 1. The number of nitrogens with two attached hydrogens (primary N) is 3. The van der Waals surface area contributed by atoms with Gasteiger partial charge in [0.05, 0.1) is 38.0 Å². The Hall–Kier alpha value is -12.9. The van der Waals surface area contributed by atoms with Gasteiger partial charge in [0.1, 0.15) is 84.3 Å². The summed E-state index contributed by atoms with van der Waals surface area (Å²) in [5.74, 6) is -17.2. The lowest BCUT2D eigenvalue weighted by atomic mass is 9.98. The van der Waals surface area contributed by atoms with Crippen LogP contribution in [-0.2, 0) is 114 Å². The zero-order valence-electron chi connectivity index (χ0n) is 75.1.